The minimum atomic E-state index is -3.73. The maximum absolute atomic E-state index is 13.5. The quantitative estimate of drug-likeness (QED) is 0.609. The summed E-state index contributed by atoms with van der Waals surface area (Å²) in [5, 5.41) is 4.68. The van der Waals surface area contributed by atoms with E-state index in [2.05, 4.69) is 14.8 Å². The van der Waals surface area contributed by atoms with Crippen LogP contribution in [0.15, 0.2) is 47.7 Å². The summed E-state index contributed by atoms with van der Waals surface area (Å²) in [5.41, 5.74) is 3.46. The Morgan fingerprint density at radius 1 is 1.24 bits per heavy atom. The SMILES string of the molecule is CN(C1CCOC1)S(=O)(=O)NC1C=Cc2ccc3ncc(-c4cnn(C)c4)cc3c(=O)c2C1. The van der Waals surface area contributed by atoms with Crippen molar-refractivity contribution in [2.45, 2.75) is 24.9 Å². The van der Waals surface area contributed by atoms with E-state index >= 15 is 0 Å². The predicted octanol–water partition coefficient (Wildman–Crippen LogP) is 1.49. The molecule has 5 rings (SSSR count). The average molecular weight is 468 g/mol. The Bertz CT molecular complexity index is 1410. The summed E-state index contributed by atoms with van der Waals surface area (Å²) in [5.74, 6) is 0. The maximum atomic E-state index is 13.5. The zero-order valence-corrected chi connectivity index (χ0v) is 19.2. The van der Waals surface area contributed by atoms with Crippen LogP contribution in [0.3, 0.4) is 0 Å². The number of hydrogen-bond acceptors (Lipinski definition) is 6. The molecule has 1 fully saturated rings. The molecule has 2 aliphatic rings. The largest absolute Gasteiger partial charge is 0.380 e. The molecule has 0 saturated carbocycles. The highest BCUT2D eigenvalue weighted by molar-refractivity contribution is 7.87. The van der Waals surface area contributed by atoms with Gasteiger partial charge in [0, 0.05) is 61.2 Å². The van der Waals surface area contributed by atoms with E-state index in [1.165, 1.54) is 4.31 Å². The van der Waals surface area contributed by atoms with E-state index in [0.717, 1.165) is 16.7 Å². The lowest BCUT2D eigenvalue weighted by atomic mass is 9.96. The monoisotopic (exact) mass is 467 g/mol. The minimum absolute atomic E-state index is 0.144. The second-order valence-electron chi connectivity index (χ2n) is 8.48. The lowest BCUT2D eigenvalue weighted by Gasteiger charge is -2.26. The van der Waals surface area contributed by atoms with Crippen molar-refractivity contribution in [1.29, 1.82) is 0 Å². The van der Waals surface area contributed by atoms with Gasteiger partial charge in [0.25, 0.3) is 10.2 Å². The van der Waals surface area contributed by atoms with Gasteiger partial charge in [0.05, 0.1) is 24.4 Å². The van der Waals surface area contributed by atoms with Crippen molar-refractivity contribution < 1.29 is 13.2 Å². The number of hydrogen-bond donors (Lipinski definition) is 1. The number of pyridine rings is 1. The highest BCUT2D eigenvalue weighted by atomic mass is 32.2. The molecule has 0 radical (unpaired) electrons. The Morgan fingerprint density at radius 3 is 2.82 bits per heavy atom. The van der Waals surface area contributed by atoms with Crippen molar-refractivity contribution in [2.24, 2.45) is 7.05 Å². The van der Waals surface area contributed by atoms with Crippen molar-refractivity contribution in [3.8, 4) is 11.1 Å². The topological polar surface area (TPSA) is 106 Å². The van der Waals surface area contributed by atoms with E-state index < -0.39 is 16.3 Å². The summed E-state index contributed by atoms with van der Waals surface area (Å²) in [6, 6.07) is 4.81. The fourth-order valence-corrected chi connectivity index (χ4v) is 5.59. The van der Waals surface area contributed by atoms with Crippen LogP contribution >= 0.6 is 0 Å². The zero-order chi connectivity index (χ0) is 23.2. The summed E-state index contributed by atoms with van der Waals surface area (Å²) >= 11 is 0. The first kappa shape index (κ1) is 21.9. The molecule has 1 saturated heterocycles. The van der Waals surface area contributed by atoms with E-state index in [1.54, 1.807) is 36.3 Å². The summed E-state index contributed by atoms with van der Waals surface area (Å²) in [4.78, 5) is 18.0. The molecule has 3 aromatic rings. The van der Waals surface area contributed by atoms with E-state index in [9.17, 15) is 13.2 Å². The van der Waals surface area contributed by atoms with Gasteiger partial charge in [-0.25, -0.2) is 0 Å². The molecule has 1 N–H and O–H groups in total. The number of nitrogens with zero attached hydrogens (tertiary/aromatic N) is 4. The summed E-state index contributed by atoms with van der Waals surface area (Å²) in [6.45, 7) is 0.943. The molecule has 1 aromatic carbocycles. The summed E-state index contributed by atoms with van der Waals surface area (Å²) in [7, 11) is -0.343. The van der Waals surface area contributed by atoms with Crippen LogP contribution in [-0.4, -0.2) is 59.8 Å². The number of ether oxygens (including phenoxy) is 1. The molecule has 3 heterocycles. The Hall–Kier alpha value is -2.92. The molecule has 172 valence electrons. The lowest BCUT2D eigenvalue weighted by molar-refractivity contribution is 0.180. The van der Waals surface area contributed by atoms with Gasteiger partial charge < -0.3 is 4.74 Å². The third kappa shape index (κ3) is 4.22. The molecule has 33 heavy (non-hydrogen) atoms. The number of nitrogens with one attached hydrogen (secondary N) is 1. The summed E-state index contributed by atoms with van der Waals surface area (Å²) < 4.78 is 36.8. The molecule has 2 aromatic heterocycles. The Morgan fingerprint density at radius 2 is 2.09 bits per heavy atom. The van der Waals surface area contributed by atoms with Crippen molar-refractivity contribution in [3.63, 3.8) is 0 Å². The molecule has 0 amide bonds. The highest BCUT2D eigenvalue weighted by Crippen LogP contribution is 2.23. The second-order valence-corrected chi connectivity index (χ2v) is 10.2. The van der Waals surface area contributed by atoms with E-state index in [1.807, 2.05) is 31.4 Å². The van der Waals surface area contributed by atoms with Crippen molar-refractivity contribution in [1.82, 2.24) is 23.8 Å². The molecular formula is C23H25N5O4S. The molecule has 9 nitrogen and oxygen atoms in total. The van der Waals surface area contributed by atoms with Gasteiger partial charge in [0.1, 0.15) is 0 Å². The van der Waals surface area contributed by atoms with Crippen LogP contribution in [-0.2, 0) is 28.4 Å². The summed E-state index contributed by atoms with van der Waals surface area (Å²) in [6.07, 6.45) is 9.84. The van der Waals surface area contributed by atoms with Gasteiger partial charge in [-0.1, -0.05) is 18.2 Å². The number of rotatable bonds is 5. The highest BCUT2D eigenvalue weighted by Gasteiger charge is 2.31. The third-order valence-corrected chi connectivity index (χ3v) is 7.93. The van der Waals surface area contributed by atoms with E-state index in [-0.39, 0.29) is 17.9 Å². The van der Waals surface area contributed by atoms with Gasteiger partial charge in [0.2, 0.25) is 0 Å². The molecule has 1 aliphatic carbocycles. The molecule has 10 heteroatoms. The van der Waals surface area contributed by atoms with E-state index in [0.29, 0.717) is 36.1 Å². The van der Waals surface area contributed by atoms with Crippen LogP contribution in [0, 0.1) is 0 Å². The van der Waals surface area contributed by atoms with Crippen LogP contribution in [0.1, 0.15) is 17.5 Å². The van der Waals surface area contributed by atoms with E-state index in [4.69, 9.17) is 4.74 Å². The van der Waals surface area contributed by atoms with Gasteiger partial charge in [-0.2, -0.15) is 22.5 Å². The van der Waals surface area contributed by atoms with Crippen molar-refractivity contribution in [2.75, 3.05) is 20.3 Å². The first-order chi connectivity index (χ1) is 15.8. The first-order valence-electron chi connectivity index (χ1n) is 10.8. The zero-order valence-electron chi connectivity index (χ0n) is 18.4. The van der Waals surface area contributed by atoms with Crippen LogP contribution in [0.4, 0.5) is 0 Å². The normalized spacial score (nSPS) is 20.5. The fraction of sp³-hybridized carbons (Fsp3) is 0.348. The van der Waals surface area contributed by atoms with Crippen LogP contribution in [0.2, 0.25) is 0 Å². The Labute approximate surface area is 191 Å². The predicted molar refractivity (Wildman–Crippen MR) is 126 cm³/mol. The number of aryl methyl sites for hydroxylation is 1. The van der Waals surface area contributed by atoms with Crippen LogP contribution in [0.5, 0.6) is 0 Å². The number of fused-ring (bicyclic) bond motifs is 2. The van der Waals surface area contributed by atoms with Crippen LogP contribution in [0.25, 0.3) is 28.1 Å². The van der Waals surface area contributed by atoms with Gasteiger partial charge in [0.15, 0.2) is 5.43 Å². The Kier molecular flexibility index (Phi) is 5.61. The van der Waals surface area contributed by atoms with Gasteiger partial charge in [-0.15, -0.1) is 0 Å². The van der Waals surface area contributed by atoms with Gasteiger partial charge >= 0.3 is 0 Å². The van der Waals surface area contributed by atoms with Crippen LogP contribution < -0.4 is 10.2 Å². The van der Waals surface area contributed by atoms with Gasteiger partial charge in [-0.05, 0) is 30.5 Å². The molecule has 2 atom stereocenters. The van der Waals surface area contributed by atoms with Crippen molar-refractivity contribution in [3.05, 3.63) is 64.2 Å². The lowest BCUT2D eigenvalue weighted by Crippen LogP contribution is -2.48. The van der Waals surface area contributed by atoms with Crippen molar-refractivity contribution >= 4 is 27.2 Å². The molecular weight excluding hydrogens is 442 g/mol. The molecule has 2 unspecified atom stereocenters. The first-order valence-corrected chi connectivity index (χ1v) is 12.2. The number of likely N-dealkylation sites (N-methyl/N-ethyl adjacent to an activating group) is 1. The molecule has 0 spiro atoms. The Balaban J connectivity index is 1.48. The smallest absolute Gasteiger partial charge is 0.280 e. The second kappa shape index (κ2) is 8.45. The average Bonchev–Trinajstić information content (AvgIpc) is 3.46. The van der Waals surface area contributed by atoms with Gasteiger partial charge in [-0.3, -0.25) is 14.5 Å². The third-order valence-electron chi connectivity index (χ3n) is 6.28. The number of aromatic nitrogens is 3. The maximum Gasteiger partial charge on any atom is 0.280 e. The fourth-order valence-electron chi connectivity index (χ4n) is 4.32. The molecule has 0 bridgehead atoms. The minimum Gasteiger partial charge on any atom is -0.380 e. The standard InChI is InChI=1S/C23H25N5O4S/c1-27-13-17(12-25-27)16-9-21-22(24-11-16)6-4-15-3-5-18(10-20(15)23(21)29)26-33(30,31)28(2)19-7-8-32-14-19/h3-6,9,11-13,18-19,26H,7-8,10,14H2,1-2H3. The molecule has 1 aliphatic heterocycles.